The number of rotatable bonds is 5. The maximum Gasteiger partial charge on any atom is 0.127 e. The van der Waals surface area contributed by atoms with Crippen LogP contribution in [0.2, 0.25) is 0 Å². The van der Waals surface area contributed by atoms with E-state index in [4.69, 9.17) is 15.2 Å². The van der Waals surface area contributed by atoms with E-state index in [1.54, 1.807) is 14.2 Å². The first kappa shape index (κ1) is 14.3. The highest BCUT2D eigenvalue weighted by atomic mass is 79.9. The van der Waals surface area contributed by atoms with Gasteiger partial charge in [-0.3, -0.25) is 0 Å². The Bertz CT molecular complexity index is 391. The molecule has 0 aliphatic heterocycles. The van der Waals surface area contributed by atoms with Crippen LogP contribution in [-0.2, 0) is 5.41 Å². The van der Waals surface area contributed by atoms with Crippen LogP contribution in [0.3, 0.4) is 0 Å². The van der Waals surface area contributed by atoms with Crippen molar-refractivity contribution in [3.05, 3.63) is 22.2 Å². The molecule has 0 aliphatic carbocycles. The lowest BCUT2D eigenvalue weighted by Gasteiger charge is -2.28. The van der Waals surface area contributed by atoms with Crippen LogP contribution in [0.4, 0.5) is 0 Å². The van der Waals surface area contributed by atoms with Crippen molar-refractivity contribution in [2.24, 2.45) is 5.73 Å². The predicted molar refractivity (Wildman–Crippen MR) is 73.9 cm³/mol. The number of benzene rings is 1. The van der Waals surface area contributed by atoms with E-state index >= 15 is 0 Å². The fourth-order valence-corrected chi connectivity index (χ4v) is 2.94. The number of nitrogens with two attached hydrogens (primary N) is 1. The van der Waals surface area contributed by atoms with Gasteiger partial charge in [-0.05, 0) is 24.4 Å². The highest BCUT2D eigenvalue weighted by molar-refractivity contribution is 9.10. The molecule has 2 N–H and O–H groups in total. The van der Waals surface area contributed by atoms with Crippen molar-refractivity contribution in [1.82, 2.24) is 0 Å². The highest BCUT2D eigenvalue weighted by Crippen LogP contribution is 2.41. The van der Waals surface area contributed by atoms with E-state index in [1.807, 2.05) is 12.1 Å². The Kier molecular flexibility index (Phi) is 4.83. The van der Waals surface area contributed by atoms with Crippen LogP contribution in [0, 0.1) is 0 Å². The van der Waals surface area contributed by atoms with Crippen LogP contribution in [0.25, 0.3) is 0 Å². The van der Waals surface area contributed by atoms with E-state index in [0.717, 1.165) is 28.0 Å². The molecule has 0 amide bonds. The van der Waals surface area contributed by atoms with Crippen LogP contribution in [0.5, 0.6) is 11.5 Å². The Balaban J connectivity index is 3.31. The molecule has 0 aliphatic rings. The summed E-state index contributed by atoms with van der Waals surface area (Å²) in [5.74, 6) is 1.61. The molecule has 0 unspecified atom stereocenters. The quantitative estimate of drug-likeness (QED) is 0.909. The van der Waals surface area contributed by atoms with Gasteiger partial charge in [-0.1, -0.05) is 29.8 Å². The van der Waals surface area contributed by atoms with Gasteiger partial charge in [0.1, 0.15) is 11.5 Å². The van der Waals surface area contributed by atoms with Crippen LogP contribution in [0.1, 0.15) is 25.8 Å². The summed E-state index contributed by atoms with van der Waals surface area (Å²) in [6, 6.07) is 3.86. The minimum atomic E-state index is -0.0365. The van der Waals surface area contributed by atoms with Crippen LogP contribution in [-0.4, -0.2) is 20.8 Å². The second-order valence-electron chi connectivity index (χ2n) is 4.61. The standard InChI is InChI=1S/C13H20BrNO2/c1-13(2,5-6-15)12-10(14)7-9(16-3)8-11(12)17-4/h7-8H,5-6,15H2,1-4H3. The zero-order valence-electron chi connectivity index (χ0n) is 10.8. The van der Waals surface area contributed by atoms with E-state index in [2.05, 4.69) is 29.8 Å². The summed E-state index contributed by atoms with van der Waals surface area (Å²) < 4.78 is 11.7. The molecule has 3 nitrogen and oxygen atoms in total. The van der Waals surface area contributed by atoms with Gasteiger partial charge in [0.25, 0.3) is 0 Å². The first-order valence-electron chi connectivity index (χ1n) is 5.58. The molecule has 17 heavy (non-hydrogen) atoms. The molecular weight excluding hydrogens is 282 g/mol. The van der Waals surface area contributed by atoms with Crippen molar-refractivity contribution in [3.63, 3.8) is 0 Å². The van der Waals surface area contributed by atoms with Crippen molar-refractivity contribution in [1.29, 1.82) is 0 Å². The maximum atomic E-state index is 5.67. The van der Waals surface area contributed by atoms with Gasteiger partial charge in [-0.2, -0.15) is 0 Å². The summed E-state index contributed by atoms with van der Waals surface area (Å²) in [4.78, 5) is 0. The Morgan fingerprint density at radius 3 is 2.35 bits per heavy atom. The molecule has 0 saturated carbocycles. The van der Waals surface area contributed by atoms with Crippen molar-refractivity contribution >= 4 is 15.9 Å². The average Bonchev–Trinajstić information content (AvgIpc) is 2.27. The molecular formula is C13H20BrNO2. The normalized spacial score (nSPS) is 11.4. The maximum absolute atomic E-state index is 5.67. The number of halogens is 1. The highest BCUT2D eigenvalue weighted by Gasteiger charge is 2.27. The fourth-order valence-electron chi connectivity index (χ4n) is 1.98. The van der Waals surface area contributed by atoms with Crippen molar-refractivity contribution in [2.45, 2.75) is 25.7 Å². The molecule has 1 aromatic carbocycles. The molecule has 1 rings (SSSR count). The number of hydrogen-bond donors (Lipinski definition) is 1. The summed E-state index contributed by atoms with van der Waals surface area (Å²) in [6.45, 7) is 4.97. The molecule has 4 heteroatoms. The third-order valence-electron chi connectivity index (χ3n) is 2.93. The average molecular weight is 302 g/mol. The van der Waals surface area contributed by atoms with E-state index in [0.29, 0.717) is 6.54 Å². The molecule has 0 radical (unpaired) electrons. The molecule has 1 aromatic rings. The third-order valence-corrected chi connectivity index (χ3v) is 3.55. The number of hydrogen-bond acceptors (Lipinski definition) is 3. The minimum absolute atomic E-state index is 0.0365. The van der Waals surface area contributed by atoms with E-state index in [1.165, 1.54) is 0 Å². The molecule has 0 atom stereocenters. The van der Waals surface area contributed by atoms with Gasteiger partial charge in [0, 0.05) is 16.1 Å². The Morgan fingerprint density at radius 2 is 1.88 bits per heavy atom. The van der Waals surface area contributed by atoms with Crippen molar-refractivity contribution in [3.8, 4) is 11.5 Å². The van der Waals surface area contributed by atoms with E-state index < -0.39 is 0 Å². The Morgan fingerprint density at radius 1 is 1.24 bits per heavy atom. The Hall–Kier alpha value is -0.740. The van der Waals surface area contributed by atoms with Gasteiger partial charge in [0.05, 0.1) is 14.2 Å². The molecule has 0 heterocycles. The first-order chi connectivity index (χ1) is 7.96. The first-order valence-corrected chi connectivity index (χ1v) is 6.37. The van der Waals surface area contributed by atoms with Crippen LogP contribution in [0.15, 0.2) is 16.6 Å². The molecule has 0 bridgehead atoms. The molecule has 0 saturated heterocycles. The Labute approximate surface area is 111 Å². The summed E-state index contributed by atoms with van der Waals surface area (Å²) in [7, 11) is 3.31. The summed E-state index contributed by atoms with van der Waals surface area (Å²) >= 11 is 3.58. The largest absolute Gasteiger partial charge is 0.497 e. The zero-order chi connectivity index (χ0) is 13.1. The monoisotopic (exact) mass is 301 g/mol. The van der Waals surface area contributed by atoms with Crippen molar-refractivity contribution < 1.29 is 9.47 Å². The van der Waals surface area contributed by atoms with Crippen molar-refractivity contribution in [2.75, 3.05) is 20.8 Å². The summed E-state index contributed by atoms with van der Waals surface area (Å²) in [6.07, 6.45) is 0.897. The van der Waals surface area contributed by atoms with Gasteiger partial charge in [0.2, 0.25) is 0 Å². The smallest absolute Gasteiger partial charge is 0.127 e. The zero-order valence-corrected chi connectivity index (χ0v) is 12.4. The lowest BCUT2D eigenvalue weighted by Crippen LogP contribution is -2.23. The van der Waals surface area contributed by atoms with Gasteiger partial charge in [-0.15, -0.1) is 0 Å². The number of ether oxygens (including phenoxy) is 2. The van der Waals surface area contributed by atoms with Crippen LogP contribution >= 0.6 is 15.9 Å². The molecule has 96 valence electrons. The minimum Gasteiger partial charge on any atom is -0.497 e. The van der Waals surface area contributed by atoms with Crippen LogP contribution < -0.4 is 15.2 Å². The SMILES string of the molecule is COc1cc(Br)c(C(C)(C)CCN)c(OC)c1. The van der Waals surface area contributed by atoms with E-state index in [-0.39, 0.29) is 5.41 Å². The third kappa shape index (κ3) is 3.13. The lowest BCUT2D eigenvalue weighted by molar-refractivity contribution is 0.374. The summed E-state index contributed by atoms with van der Waals surface area (Å²) in [5, 5.41) is 0. The molecule has 0 aromatic heterocycles. The second-order valence-corrected chi connectivity index (χ2v) is 5.46. The van der Waals surface area contributed by atoms with Gasteiger partial charge < -0.3 is 15.2 Å². The van der Waals surface area contributed by atoms with E-state index in [9.17, 15) is 0 Å². The van der Waals surface area contributed by atoms with Gasteiger partial charge in [0.15, 0.2) is 0 Å². The van der Waals surface area contributed by atoms with Gasteiger partial charge >= 0.3 is 0 Å². The topological polar surface area (TPSA) is 44.5 Å². The lowest BCUT2D eigenvalue weighted by atomic mass is 9.81. The fraction of sp³-hybridized carbons (Fsp3) is 0.538. The van der Waals surface area contributed by atoms with Gasteiger partial charge in [-0.25, -0.2) is 0 Å². The second kappa shape index (κ2) is 5.74. The molecule has 0 spiro atoms. The summed E-state index contributed by atoms with van der Waals surface area (Å²) in [5.41, 5.74) is 6.76. The predicted octanol–water partition coefficient (Wildman–Crippen LogP) is 3.09. The number of methoxy groups -OCH3 is 2. The molecule has 0 fully saturated rings.